The van der Waals surface area contributed by atoms with Crippen LogP contribution in [0.25, 0.3) is 54.2 Å². The first-order valence-electron chi connectivity index (χ1n) is 12.0. The molecule has 0 saturated carbocycles. The Bertz CT molecular complexity index is 1700. The van der Waals surface area contributed by atoms with Crippen LogP contribution in [0.15, 0.2) is 97.1 Å². The van der Waals surface area contributed by atoms with E-state index in [9.17, 15) is 0 Å². The van der Waals surface area contributed by atoms with Gasteiger partial charge in [0.2, 0.25) is 0 Å². The first-order chi connectivity index (χ1) is 16.1. The van der Waals surface area contributed by atoms with Gasteiger partial charge in [-0.1, -0.05) is 107 Å². The number of benzene rings is 6. The zero-order valence-electron chi connectivity index (χ0n) is 19.7. The van der Waals surface area contributed by atoms with Crippen LogP contribution >= 0.6 is 0 Å². The number of hydrogen-bond donors (Lipinski definition) is 0. The zero-order valence-corrected chi connectivity index (χ0v) is 19.7. The standard InChI is InChI=1S/C31H22.C2H6/c1-31(2)27-13-7-12-24-23-11-6-5-10-21(23)18-26(29(24)27)30-25-17-20-9-4-3-8-19(20)16-22(25)14-15-28(30)31;1-2/h3-18H,1-2H3;1-2H3. The van der Waals surface area contributed by atoms with Gasteiger partial charge in [-0.3, -0.25) is 0 Å². The highest BCUT2D eigenvalue weighted by molar-refractivity contribution is 6.20. The summed E-state index contributed by atoms with van der Waals surface area (Å²) in [5, 5.41) is 10.7. The Morgan fingerprint density at radius 2 is 1.12 bits per heavy atom. The molecule has 6 aromatic carbocycles. The van der Waals surface area contributed by atoms with Crippen LogP contribution in [0.2, 0.25) is 0 Å². The average Bonchev–Trinajstić information content (AvgIpc) is 2.86. The van der Waals surface area contributed by atoms with Gasteiger partial charge in [0.05, 0.1) is 0 Å². The number of rotatable bonds is 0. The Kier molecular flexibility index (Phi) is 4.35. The Morgan fingerprint density at radius 3 is 1.91 bits per heavy atom. The van der Waals surface area contributed by atoms with Gasteiger partial charge in [0.25, 0.3) is 0 Å². The van der Waals surface area contributed by atoms with Gasteiger partial charge in [-0.2, -0.15) is 0 Å². The minimum atomic E-state index is -0.0515. The topological polar surface area (TPSA) is 0 Å². The van der Waals surface area contributed by atoms with Gasteiger partial charge in [-0.25, -0.2) is 0 Å². The van der Waals surface area contributed by atoms with Crippen molar-refractivity contribution in [2.24, 2.45) is 0 Å². The van der Waals surface area contributed by atoms with E-state index < -0.39 is 0 Å². The van der Waals surface area contributed by atoms with Crippen LogP contribution in [0.3, 0.4) is 0 Å². The number of fused-ring (bicyclic) bond motifs is 7. The van der Waals surface area contributed by atoms with E-state index in [1.165, 1.54) is 65.3 Å². The summed E-state index contributed by atoms with van der Waals surface area (Å²) in [6, 6.07) is 36.2. The lowest BCUT2D eigenvalue weighted by Gasteiger charge is -2.36. The van der Waals surface area contributed by atoms with Crippen molar-refractivity contribution < 1.29 is 0 Å². The van der Waals surface area contributed by atoms with Crippen LogP contribution in [-0.2, 0) is 5.41 Å². The van der Waals surface area contributed by atoms with E-state index in [4.69, 9.17) is 0 Å². The molecule has 0 aromatic heterocycles. The SMILES string of the molecule is CC.CC1(C)c2ccc3cc4ccccc4cc3c2-c2cc3ccccc3c3cccc1c23. The van der Waals surface area contributed by atoms with Crippen molar-refractivity contribution in [2.45, 2.75) is 33.1 Å². The highest BCUT2D eigenvalue weighted by Gasteiger charge is 2.34. The molecule has 0 aliphatic heterocycles. The fourth-order valence-corrected chi connectivity index (χ4v) is 5.85. The lowest BCUT2D eigenvalue weighted by Crippen LogP contribution is -2.23. The summed E-state index contributed by atoms with van der Waals surface area (Å²) in [5.74, 6) is 0. The normalized spacial score (nSPS) is 13.7. The summed E-state index contributed by atoms with van der Waals surface area (Å²) in [6.45, 7) is 8.76. The molecular formula is C33H28. The molecule has 0 heterocycles. The van der Waals surface area contributed by atoms with E-state index in [0.29, 0.717) is 0 Å². The van der Waals surface area contributed by atoms with Crippen molar-refractivity contribution in [3.8, 4) is 11.1 Å². The Labute approximate surface area is 195 Å². The largest absolute Gasteiger partial charge is 0.0683 e. The average molecular weight is 425 g/mol. The summed E-state index contributed by atoms with van der Waals surface area (Å²) in [5.41, 5.74) is 5.58. The second kappa shape index (κ2) is 7.18. The molecule has 0 heteroatoms. The molecule has 0 spiro atoms. The molecule has 0 N–H and O–H groups in total. The summed E-state index contributed by atoms with van der Waals surface area (Å²) < 4.78 is 0. The van der Waals surface area contributed by atoms with Gasteiger partial charge < -0.3 is 0 Å². The molecule has 1 aliphatic rings. The van der Waals surface area contributed by atoms with Crippen molar-refractivity contribution in [2.75, 3.05) is 0 Å². The second-order valence-electron chi connectivity index (χ2n) is 9.41. The van der Waals surface area contributed by atoms with E-state index >= 15 is 0 Å². The molecule has 0 radical (unpaired) electrons. The van der Waals surface area contributed by atoms with Gasteiger partial charge in [0.15, 0.2) is 0 Å². The molecule has 33 heavy (non-hydrogen) atoms. The predicted molar refractivity (Wildman–Crippen MR) is 145 cm³/mol. The van der Waals surface area contributed by atoms with Crippen LogP contribution in [-0.4, -0.2) is 0 Å². The van der Waals surface area contributed by atoms with Crippen LogP contribution in [0, 0.1) is 0 Å². The minimum Gasteiger partial charge on any atom is -0.0683 e. The molecule has 7 rings (SSSR count). The molecule has 0 amide bonds. The minimum absolute atomic E-state index is 0.0515. The first-order valence-corrected chi connectivity index (χ1v) is 12.0. The van der Waals surface area contributed by atoms with E-state index in [0.717, 1.165) is 0 Å². The van der Waals surface area contributed by atoms with Gasteiger partial charge in [0.1, 0.15) is 0 Å². The third kappa shape index (κ3) is 2.70. The van der Waals surface area contributed by atoms with Crippen LogP contribution in [0.4, 0.5) is 0 Å². The quantitative estimate of drug-likeness (QED) is 0.168. The van der Waals surface area contributed by atoms with E-state index in [1.54, 1.807) is 0 Å². The zero-order chi connectivity index (χ0) is 22.7. The third-order valence-corrected chi connectivity index (χ3v) is 7.39. The smallest absolute Gasteiger partial charge is 0.0159 e. The van der Waals surface area contributed by atoms with Gasteiger partial charge in [-0.15, -0.1) is 0 Å². The van der Waals surface area contributed by atoms with Gasteiger partial charge in [0, 0.05) is 5.41 Å². The maximum Gasteiger partial charge on any atom is 0.0159 e. The highest BCUT2D eigenvalue weighted by Crippen LogP contribution is 2.52. The summed E-state index contributed by atoms with van der Waals surface area (Å²) in [7, 11) is 0. The van der Waals surface area contributed by atoms with Crippen molar-refractivity contribution in [3.63, 3.8) is 0 Å². The van der Waals surface area contributed by atoms with Crippen molar-refractivity contribution in [1.29, 1.82) is 0 Å². The maximum absolute atomic E-state index is 2.42. The van der Waals surface area contributed by atoms with Gasteiger partial charge in [-0.05, 0) is 83.5 Å². The van der Waals surface area contributed by atoms with Crippen molar-refractivity contribution in [3.05, 3.63) is 108 Å². The monoisotopic (exact) mass is 424 g/mol. The molecule has 0 nitrogen and oxygen atoms in total. The third-order valence-electron chi connectivity index (χ3n) is 7.39. The Hall–Kier alpha value is -3.64. The Morgan fingerprint density at radius 1 is 0.485 bits per heavy atom. The fourth-order valence-electron chi connectivity index (χ4n) is 5.85. The van der Waals surface area contributed by atoms with Crippen molar-refractivity contribution in [1.82, 2.24) is 0 Å². The first kappa shape index (κ1) is 20.0. The fraction of sp³-hybridized carbons (Fsp3) is 0.152. The van der Waals surface area contributed by atoms with E-state index in [-0.39, 0.29) is 5.41 Å². The number of hydrogen-bond acceptors (Lipinski definition) is 0. The Balaban J connectivity index is 0.00000101. The molecule has 0 atom stereocenters. The van der Waals surface area contributed by atoms with E-state index in [2.05, 4.69) is 111 Å². The lowest BCUT2D eigenvalue weighted by atomic mass is 9.67. The second-order valence-corrected chi connectivity index (χ2v) is 9.41. The molecule has 160 valence electrons. The van der Waals surface area contributed by atoms with E-state index in [1.807, 2.05) is 13.8 Å². The molecule has 6 aromatic rings. The van der Waals surface area contributed by atoms with Crippen molar-refractivity contribution >= 4 is 43.1 Å². The molecule has 1 aliphatic carbocycles. The van der Waals surface area contributed by atoms with Gasteiger partial charge >= 0.3 is 0 Å². The molecular weight excluding hydrogens is 396 g/mol. The summed E-state index contributed by atoms with van der Waals surface area (Å²) >= 11 is 0. The van der Waals surface area contributed by atoms with Crippen LogP contribution < -0.4 is 0 Å². The van der Waals surface area contributed by atoms with Crippen LogP contribution in [0.1, 0.15) is 38.8 Å². The lowest BCUT2D eigenvalue weighted by molar-refractivity contribution is 0.646. The predicted octanol–water partition coefficient (Wildman–Crippen LogP) is 9.63. The maximum atomic E-state index is 2.42. The molecule has 0 saturated heterocycles. The highest BCUT2D eigenvalue weighted by atomic mass is 14.4. The summed E-state index contributed by atoms with van der Waals surface area (Å²) in [6.07, 6.45) is 0. The molecule has 0 bridgehead atoms. The molecule has 0 unspecified atom stereocenters. The summed E-state index contributed by atoms with van der Waals surface area (Å²) in [4.78, 5) is 0. The molecule has 0 fully saturated rings. The van der Waals surface area contributed by atoms with Crippen LogP contribution in [0.5, 0.6) is 0 Å².